The maximum atomic E-state index is 10.5. The first kappa shape index (κ1) is 10.0. The Morgan fingerprint density at radius 3 is 2.40 bits per heavy atom. The third-order valence-corrected chi connectivity index (χ3v) is 2.82. The second-order valence-corrected chi connectivity index (χ2v) is 4.05. The van der Waals surface area contributed by atoms with Gasteiger partial charge in [0.2, 0.25) is 0 Å². The van der Waals surface area contributed by atoms with Crippen molar-refractivity contribution in [3.63, 3.8) is 0 Å². The minimum Gasteiger partial charge on any atom is -0.283 e. The van der Waals surface area contributed by atoms with Gasteiger partial charge in [0.05, 0.1) is 5.75 Å². The lowest BCUT2D eigenvalue weighted by atomic mass is 10.6. The van der Waals surface area contributed by atoms with Crippen molar-refractivity contribution in [2.24, 2.45) is 0 Å². The van der Waals surface area contributed by atoms with Crippen LogP contribution >= 0.6 is 0 Å². The van der Waals surface area contributed by atoms with Crippen molar-refractivity contribution in [3.8, 4) is 0 Å². The molecule has 0 rings (SSSR count). The molecule has 0 saturated heterocycles. The molecular formula is C3H8O5S2. The van der Waals surface area contributed by atoms with Crippen LogP contribution in [0.4, 0.5) is 0 Å². The molecule has 0 aromatic heterocycles. The predicted octanol–water partition coefficient (Wildman–Crippen LogP) is -0.120. The first-order chi connectivity index (χ1) is 4.48. The van der Waals surface area contributed by atoms with Crippen LogP contribution in [0.3, 0.4) is 0 Å². The first-order valence-corrected chi connectivity index (χ1v) is 5.12. The maximum absolute atomic E-state index is 10.5. The maximum Gasteiger partial charge on any atom is 0.317 e. The van der Waals surface area contributed by atoms with E-state index in [1.165, 1.54) is 0 Å². The Bertz CT molecular complexity index is 205. The van der Waals surface area contributed by atoms with Crippen molar-refractivity contribution in [1.82, 2.24) is 0 Å². The van der Waals surface area contributed by atoms with Crippen molar-refractivity contribution < 1.29 is 20.8 Å². The fourth-order valence-electron chi connectivity index (χ4n) is 0.373. The highest BCUT2D eigenvalue weighted by molar-refractivity contribution is 7.95. The number of hydrogen-bond donors (Lipinski definition) is 1. The number of hydrogen-bond acceptors (Lipinski definition) is 4. The molecule has 0 aliphatic rings. The third-order valence-electron chi connectivity index (χ3n) is 0.616. The molecular weight excluding hydrogens is 180 g/mol. The molecule has 0 amide bonds. The fraction of sp³-hybridized carbons (Fsp3) is 1.00. The van der Waals surface area contributed by atoms with Crippen molar-refractivity contribution in [2.75, 3.05) is 5.75 Å². The van der Waals surface area contributed by atoms with Gasteiger partial charge in [0.25, 0.3) is 10.1 Å². The van der Waals surface area contributed by atoms with Crippen LogP contribution in [0.25, 0.3) is 0 Å². The van der Waals surface area contributed by atoms with Gasteiger partial charge >= 0.3 is 11.4 Å². The largest absolute Gasteiger partial charge is 0.317 e. The summed E-state index contributed by atoms with van der Waals surface area (Å²) in [6.45, 7) is 1.63. The van der Waals surface area contributed by atoms with E-state index in [2.05, 4.69) is 3.63 Å². The smallest absolute Gasteiger partial charge is 0.283 e. The molecule has 1 N–H and O–H groups in total. The van der Waals surface area contributed by atoms with E-state index in [0.29, 0.717) is 6.42 Å². The van der Waals surface area contributed by atoms with E-state index >= 15 is 0 Å². The molecule has 0 aliphatic heterocycles. The van der Waals surface area contributed by atoms with Gasteiger partial charge in [-0.05, 0) is 6.42 Å². The summed E-state index contributed by atoms with van der Waals surface area (Å²) in [6.07, 6.45) is 0.361. The summed E-state index contributed by atoms with van der Waals surface area (Å²) in [7, 11) is -3.78. The molecule has 0 fully saturated rings. The van der Waals surface area contributed by atoms with Gasteiger partial charge < -0.3 is 0 Å². The first-order valence-electron chi connectivity index (χ1n) is 2.51. The zero-order valence-electron chi connectivity index (χ0n) is 5.31. The summed E-state index contributed by atoms with van der Waals surface area (Å²) in [5.74, 6) is -0.237. The zero-order valence-corrected chi connectivity index (χ0v) is 6.94. The van der Waals surface area contributed by atoms with Crippen LogP contribution in [-0.2, 0) is 25.1 Å². The molecule has 0 aliphatic carbocycles. The van der Waals surface area contributed by atoms with Gasteiger partial charge in [-0.2, -0.15) is 12.6 Å². The second kappa shape index (κ2) is 4.02. The van der Waals surface area contributed by atoms with Gasteiger partial charge in [-0.3, -0.25) is 4.55 Å². The average Bonchev–Trinajstić information content (AvgIpc) is 1.59. The van der Waals surface area contributed by atoms with Gasteiger partial charge in [-0.1, -0.05) is 6.92 Å². The molecule has 1 unspecified atom stereocenters. The topological polar surface area (TPSA) is 80.7 Å². The highest BCUT2D eigenvalue weighted by Crippen LogP contribution is 1.96. The predicted molar refractivity (Wildman–Crippen MR) is 35.9 cm³/mol. The summed E-state index contributed by atoms with van der Waals surface area (Å²) in [4.78, 5) is 0. The van der Waals surface area contributed by atoms with E-state index in [4.69, 9.17) is 4.55 Å². The van der Waals surface area contributed by atoms with E-state index in [-0.39, 0.29) is 5.75 Å². The highest BCUT2D eigenvalue weighted by Gasteiger charge is 2.12. The molecule has 0 heterocycles. The van der Waals surface area contributed by atoms with Crippen LogP contribution in [-0.4, -0.2) is 22.9 Å². The Kier molecular flexibility index (Phi) is 4.02. The Labute approximate surface area is 62.0 Å². The van der Waals surface area contributed by atoms with Crippen molar-refractivity contribution in [3.05, 3.63) is 0 Å². The standard InChI is InChI=1S/C3H8O5S2/c1-2-3-10(6,7)8-9(4)5/h2-3H2,1H3,(H,4,5). The Hall–Kier alpha value is 0.0200. The van der Waals surface area contributed by atoms with Crippen LogP contribution in [0.1, 0.15) is 13.3 Å². The van der Waals surface area contributed by atoms with Crippen LogP contribution < -0.4 is 0 Å². The monoisotopic (exact) mass is 188 g/mol. The minimum atomic E-state index is -3.78. The van der Waals surface area contributed by atoms with Gasteiger partial charge in [0, 0.05) is 0 Å². The molecule has 0 radical (unpaired) electrons. The van der Waals surface area contributed by atoms with Crippen molar-refractivity contribution in [2.45, 2.75) is 13.3 Å². The summed E-state index contributed by atoms with van der Waals surface area (Å²) in [5.41, 5.74) is 0. The zero-order chi connectivity index (χ0) is 8.20. The van der Waals surface area contributed by atoms with E-state index in [1.54, 1.807) is 6.92 Å². The summed E-state index contributed by atoms with van der Waals surface area (Å²) < 4.78 is 42.4. The highest BCUT2D eigenvalue weighted by atomic mass is 32.3. The van der Waals surface area contributed by atoms with Crippen LogP contribution in [0.15, 0.2) is 0 Å². The van der Waals surface area contributed by atoms with Crippen LogP contribution in [0.5, 0.6) is 0 Å². The Balaban J connectivity index is 4.02. The molecule has 7 heteroatoms. The normalized spacial score (nSPS) is 15.0. The van der Waals surface area contributed by atoms with E-state index in [9.17, 15) is 12.6 Å². The summed E-state index contributed by atoms with van der Waals surface area (Å²) in [5, 5.41) is 0. The van der Waals surface area contributed by atoms with Gasteiger partial charge in [0.15, 0.2) is 0 Å². The third kappa shape index (κ3) is 4.86. The lowest BCUT2D eigenvalue weighted by Crippen LogP contribution is -2.10. The second-order valence-electron chi connectivity index (χ2n) is 1.55. The van der Waals surface area contributed by atoms with Gasteiger partial charge in [-0.15, -0.1) is 3.63 Å². The van der Waals surface area contributed by atoms with Gasteiger partial charge in [-0.25, -0.2) is 0 Å². The lowest BCUT2D eigenvalue weighted by molar-refractivity contribution is 0.442. The molecule has 62 valence electrons. The number of rotatable bonds is 4. The van der Waals surface area contributed by atoms with E-state index in [0.717, 1.165) is 0 Å². The van der Waals surface area contributed by atoms with Crippen molar-refractivity contribution in [1.29, 1.82) is 0 Å². The molecule has 0 bridgehead atoms. The van der Waals surface area contributed by atoms with Crippen LogP contribution in [0.2, 0.25) is 0 Å². The Morgan fingerprint density at radius 1 is 1.60 bits per heavy atom. The molecule has 0 saturated carbocycles. The molecule has 10 heavy (non-hydrogen) atoms. The molecule has 0 aromatic rings. The summed E-state index contributed by atoms with van der Waals surface area (Å²) >= 11 is -2.72. The van der Waals surface area contributed by atoms with Gasteiger partial charge in [0.1, 0.15) is 0 Å². The average molecular weight is 188 g/mol. The SMILES string of the molecule is CCCS(=O)(=O)OS(=O)O. The van der Waals surface area contributed by atoms with E-state index in [1.807, 2.05) is 0 Å². The Morgan fingerprint density at radius 2 is 2.10 bits per heavy atom. The minimum absolute atomic E-state index is 0.237. The molecule has 1 atom stereocenters. The molecule has 0 aromatic carbocycles. The quantitative estimate of drug-likeness (QED) is 0.622. The lowest BCUT2D eigenvalue weighted by Gasteiger charge is -1.96. The van der Waals surface area contributed by atoms with Crippen molar-refractivity contribution >= 4 is 21.5 Å². The summed E-state index contributed by atoms with van der Waals surface area (Å²) in [6, 6.07) is 0. The van der Waals surface area contributed by atoms with Crippen LogP contribution in [0, 0.1) is 0 Å². The van der Waals surface area contributed by atoms with E-state index < -0.39 is 21.5 Å². The molecule has 0 spiro atoms. The fourth-order valence-corrected chi connectivity index (χ4v) is 1.85. The molecule has 5 nitrogen and oxygen atoms in total.